The Morgan fingerprint density at radius 1 is 1.28 bits per heavy atom. The first-order chi connectivity index (χ1) is 8.58. The minimum Gasteiger partial charge on any atom is -0.492 e. The van der Waals surface area contributed by atoms with Gasteiger partial charge < -0.3 is 9.47 Å². The van der Waals surface area contributed by atoms with E-state index in [1.165, 1.54) is 7.11 Å². The summed E-state index contributed by atoms with van der Waals surface area (Å²) in [7, 11) is 1.32. The van der Waals surface area contributed by atoms with E-state index in [0.29, 0.717) is 17.7 Å². The predicted molar refractivity (Wildman–Crippen MR) is 71.3 cm³/mol. The van der Waals surface area contributed by atoms with Gasteiger partial charge in [-0.05, 0) is 24.3 Å². The monoisotopic (exact) mass is 314 g/mol. The molecule has 0 aromatic heterocycles. The first-order valence-electron chi connectivity index (χ1n) is 5.56. The third-order valence-electron chi connectivity index (χ3n) is 2.35. The van der Waals surface area contributed by atoms with Crippen molar-refractivity contribution < 1.29 is 19.1 Å². The van der Waals surface area contributed by atoms with E-state index < -0.39 is 4.83 Å². The molecule has 4 nitrogen and oxygen atoms in total. The number of hydrogen-bond donors (Lipinski definition) is 0. The second-order valence-electron chi connectivity index (χ2n) is 3.60. The van der Waals surface area contributed by atoms with Crippen molar-refractivity contribution in [3.63, 3.8) is 0 Å². The van der Waals surface area contributed by atoms with Crippen LogP contribution in [0.5, 0.6) is 5.75 Å². The van der Waals surface area contributed by atoms with Gasteiger partial charge in [-0.25, -0.2) is 0 Å². The number of halogens is 1. The van der Waals surface area contributed by atoms with Crippen LogP contribution in [-0.4, -0.2) is 30.3 Å². The first kappa shape index (κ1) is 14.7. The number of esters is 1. The Balaban J connectivity index is 2.54. The van der Waals surface area contributed by atoms with Crippen LogP contribution in [-0.2, 0) is 9.53 Å². The quantitative estimate of drug-likeness (QED) is 0.460. The van der Waals surface area contributed by atoms with Crippen molar-refractivity contribution in [1.29, 1.82) is 0 Å². The highest BCUT2D eigenvalue weighted by molar-refractivity contribution is 9.10. The van der Waals surface area contributed by atoms with Crippen LogP contribution in [0.25, 0.3) is 0 Å². The largest absolute Gasteiger partial charge is 0.492 e. The Bertz CT molecular complexity index is 414. The standard InChI is InChI=1S/C13H15BrO4/c1-3-12(15)9-4-6-10(7-5-9)18-8-11(14)13(16)17-2/h4-7,11H,3,8H2,1-2H3. The number of carbonyl (C=O) groups excluding carboxylic acids is 2. The van der Waals surface area contributed by atoms with Crippen molar-refractivity contribution in [2.45, 2.75) is 18.2 Å². The van der Waals surface area contributed by atoms with Gasteiger partial charge in [0.2, 0.25) is 0 Å². The summed E-state index contributed by atoms with van der Waals surface area (Å²) in [5, 5.41) is 0. The summed E-state index contributed by atoms with van der Waals surface area (Å²) < 4.78 is 9.96. The summed E-state index contributed by atoms with van der Waals surface area (Å²) in [6.07, 6.45) is 0.478. The molecule has 1 aromatic carbocycles. The molecule has 0 radical (unpaired) electrons. The lowest BCUT2D eigenvalue weighted by Crippen LogP contribution is -2.22. The molecule has 0 aliphatic carbocycles. The normalized spacial score (nSPS) is 11.7. The van der Waals surface area contributed by atoms with Crippen molar-refractivity contribution >= 4 is 27.7 Å². The minimum absolute atomic E-state index is 0.0921. The number of ether oxygens (including phenoxy) is 2. The molecule has 0 aliphatic rings. The Hall–Kier alpha value is -1.36. The van der Waals surface area contributed by atoms with E-state index in [-0.39, 0.29) is 18.4 Å². The van der Waals surface area contributed by atoms with Gasteiger partial charge in [-0.1, -0.05) is 22.9 Å². The number of benzene rings is 1. The van der Waals surface area contributed by atoms with Crippen LogP contribution in [0.3, 0.4) is 0 Å². The van der Waals surface area contributed by atoms with Gasteiger partial charge in [0, 0.05) is 12.0 Å². The smallest absolute Gasteiger partial charge is 0.322 e. The maximum Gasteiger partial charge on any atom is 0.322 e. The predicted octanol–water partition coefficient (Wildman–Crippen LogP) is 2.59. The maximum atomic E-state index is 11.4. The van der Waals surface area contributed by atoms with Gasteiger partial charge in [0.15, 0.2) is 5.78 Å². The summed E-state index contributed by atoms with van der Waals surface area (Å²) >= 11 is 3.16. The highest BCUT2D eigenvalue weighted by Gasteiger charge is 2.15. The summed E-state index contributed by atoms with van der Waals surface area (Å²) in [5.74, 6) is 0.318. The fraction of sp³-hybridized carbons (Fsp3) is 0.385. The number of hydrogen-bond acceptors (Lipinski definition) is 4. The van der Waals surface area contributed by atoms with Crippen molar-refractivity contribution in [1.82, 2.24) is 0 Å². The van der Waals surface area contributed by atoms with E-state index in [1.54, 1.807) is 24.3 Å². The van der Waals surface area contributed by atoms with E-state index in [2.05, 4.69) is 20.7 Å². The summed E-state index contributed by atoms with van der Waals surface area (Å²) in [6, 6.07) is 6.84. The molecule has 0 fully saturated rings. The van der Waals surface area contributed by atoms with E-state index in [9.17, 15) is 9.59 Å². The second-order valence-corrected chi connectivity index (χ2v) is 4.71. The molecule has 0 spiro atoms. The van der Waals surface area contributed by atoms with Gasteiger partial charge >= 0.3 is 5.97 Å². The summed E-state index contributed by atoms with van der Waals surface area (Å²) in [5.41, 5.74) is 0.660. The van der Waals surface area contributed by atoms with Crippen LogP contribution < -0.4 is 4.74 Å². The molecule has 0 bridgehead atoms. The molecule has 1 rings (SSSR count). The molecule has 0 heterocycles. The number of alkyl halides is 1. The van der Waals surface area contributed by atoms with Crippen molar-refractivity contribution in [2.75, 3.05) is 13.7 Å². The highest BCUT2D eigenvalue weighted by Crippen LogP contribution is 2.15. The van der Waals surface area contributed by atoms with Crippen LogP contribution in [0.2, 0.25) is 0 Å². The van der Waals surface area contributed by atoms with Crippen LogP contribution in [0.1, 0.15) is 23.7 Å². The number of Topliss-reactive ketones (excluding diaryl/α,β-unsaturated/α-hetero) is 1. The van der Waals surface area contributed by atoms with E-state index >= 15 is 0 Å². The minimum atomic E-state index is -0.501. The van der Waals surface area contributed by atoms with E-state index in [0.717, 1.165) is 0 Å². The van der Waals surface area contributed by atoms with Gasteiger partial charge in [-0.15, -0.1) is 0 Å². The molecule has 98 valence electrons. The third-order valence-corrected chi connectivity index (χ3v) is 2.99. The van der Waals surface area contributed by atoms with Gasteiger partial charge in [0.1, 0.15) is 17.2 Å². The van der Waals surface area contributed by atoms with Gasteiger partial charge in [0.25, 0.3) is 0 Å². The molecular weight excluding hydrogens is 300 g/mol. The van der Waals surface area contributed by atoms with Gasteiger partial charge in [-0.3, -0.25) is 9.59 Å². The highest BCUT2D eigenvalue weighted by atomic mass is 79.9. The maximum absolute atomic E-state index is 11.4. The van der Waals surface area contributed by atoms with E-state index in [4.69, 9.17) is 4.74 Å². The lowest BCUT2D eigenvalue weighted by molar-refractivity contribution is -0.140. The molecule has 1 aromatic rings. The average Bonchev–Trinajstić information content (AvgIpc) is 2.43. The van der Waals surface area contributed by atoms with Crippen molar-refractivity contribution in [3.8, 4) is 5.75 Å². The molecule has 1 unspecified atom stereocenters. The molecule has 0 saturated carbocycles. The third kappa shape index (κ3) is 4.14. The summed E-state index contributed by atoms with van der Waals surface area (Å²) in [4.78, 5) is 22.0. The molecule has 0 amide bonds. The topological polar surface area (TPSA) is 52.6 Å². The van der Waals surface area contributed by atoms with Crippen LogP contribution in [0.4, 0.5) is 0 Å². The zero-order valence-electron chi connectivity index (χ0n) is 10.3. The molecule has 0 saturated heterocycles. The number of ketones is 1. The first-order valence-corrected chi connectivity index (χ1v) is 6.48. The lowest BCUT2D eigenvalue weighted by Gasteiger charge is -2.10. The van der Waals surface area contributed by atoms with Gasteiger partial charge in [-0.2, -0.15) is 0 Å². The SMILES string of the molecule is CCC(=O)c1ccc(OCC(Br)C(=O)OC)cc1. The number of carbonyl (C=O) groups is 2. The second kappa shape index (κ2) is 7.16. The van der Waals surface area contributed by atoms with E-state index in [1.807, 2.05) is 6.92 Å². The Morgan fingerprint density at radius 2 is 1.89 bits per heavy atom. The zero-order valence-corrected chi connectivity index (χ0v) is 11.9. The summed E-state index contributed by atoms with van der Waals surface area (Å²) in [6.45, 7) is 1.99. The average molecular weight is 315 g/mol. The lowest BCUT2D eigenvalue weighted by atomic mass is 10.1. The molecule has 1 atom stereocenters. The Labute approximate surface area is 114 Å². The van der Waals surface area contributed by atoms with Crippen molar-refractivity contribution in [2.24, 2.45) is 0 Å². The van der Waals surface area contributed by atoms with Crippen LogP contribution >= 0.6 is 15.9 Å². The van der Waals surface area contributed by atoms with Crippen LogP contribution in [0.15, 0.2) is 24.3 Å². The van der Waals surface area contributed by atoms with Gasteiger partial charge in [0.05, 0.1) is 7.11 Å². The fourth-order valence-electron chi connectivity index (χ4n) is 1.31. The number of rotatable bonds is 6. The number of methoxy groups -OCH3 is 1. The molecule has 0 N–H and O–H groups in total. The Kier molecular flexibility index (Phi) is 5.85. The fourth-order valence-corrected chi connectivity index (χ4v) is 1.63. The molecule has 18 heavy (non-hydrogen) atoms. The molecule has 0 aliphatic heterocycles. The zero-order chi connectivity index (χ0) is 13.5. The Morgan fingerprint density at radius 3 is 2.39 bits per heavy atom. The molecular formula is C13H15BrO4. The molecule has 5 heteroatoms. The van der Waals surface area contributed by atoms with Crippen LogP contribution in [0, 0.1) is 0 Å². The van der Waals surface area contributed by atoms with Crippen molar-refractivity contribution in [3.05, 3.63) is 29.8 Å².